The topological polar surface area (TPSA) is 54.9 Å². The molecule has 0 spiro atoms. The maximum absolute atomic E-state index is 11.7. The normalized spacial score (nSPS) is 27.8. The molecule has 2 saturated heterocycles. The van der Waals surface area contributed by atoms with E-state index in [0.717, 1.165) is 26.3 Å². The first-order valence-electron chi connectivity index (χ1n) is 7.67. The minimum atomic E-state index is 0.00282. The highest BCUT2D eigenvalue weighted by molar-refractivity contribution is 5.76. The van der Waals surface area contributed by atoms with E-state index in [9.17, 15) is 4.79 Å². The third kappa shape index (κ3) is 3.29. The number of rotatable bonds is 5. The second kappa shape index (κ2) is 6.73. The van der Waals surface area contributed by atoms with Crippen LogP contribution in [0.2, 0.25) is 0 Å². The Morgan fingerprint density at radius 1 is 1.41 bits per heavy atom. The van der Waals surface area contributed by atoms with E-state index in [1.165, 1.54) is 5.56 Å². The number of hydrogen-bond acceptors (Lipinski definition) is 5. The van der Waals surface area contributed by atoms with E-state index < -0.39 is 0 Å². The second-order valence-corrected chi connectivity index (χ2v) is 6.19. The number of likely N-dealkylation sites (N-methyl/N-ethyl adjacent to an activating group) is 1. The first kappa shape index (κ1) is 15.4. The average Bonchev–Trinajstić information content (AvgIpc) is 3.10. The molecule has 3 atom stereocenters. The van der Waals surface area contributed by atoms with Crippen LogP contribution >= 0.6 is 0 Å². The highest BCUT2D eigenvalue weighted by Crippen LogP contribution is 2.33. The summed E-state index contributed by atoms with van der Waals surface area (Å²) in [6.45, 7) is 3.33. The highest BCUT2D eigenvalue weighted by atomic mass is 16.5. The summed E-state index contributed by atoms with van der Waals surface area (Å²) in [7, 11) is 3.50. The molecule has 2 aliphatic rings. The molecule has 0 aromatic carbocycles. The monoisotopic (exact) mass is 305 g/mol. The van der Waals surface area contributed by atoms with E-state index in [1.807, 2.05) is 24.5 Å². The lowest BCUT2D eigenvalue weighted by Crippen LogP contribution is -2.32. The molecule has 3 rings (SSSR count). The molecule has 0 bridgehead atoms. The summed E-state index contributed by atoms with van der Waals surface area (Å²) in [5.41, 5.74) is 1.24. The number of aromatic nitrogens is 1. The van der Waals surface area contributed by atoms with Gasteiger partial charge in [-0.05, 0) is 17.7 Å². The second-order valence-electron chi connectivity index (χ2n) is 6.19. The number of hydrogen-bond donors (Lipinski definition) is 0. The third-order valence-electron chi connectivity index (χ3n) is 4.51. The van der Waals surface area contributed by atoms with Crippen LogP contribution in [0, 0.1) is 5.92 Å². The number of ether oxygens (including phenoxy) is 2. The first-order chi connectivity index (χ1) is 10.6. The number of carbonyl (C=O) groups excluding carboxylic acids is 1. The van der Waals surface area contributed by atoms with E-state index >= 15 is 0 Å². The number of amides is 1. The molecule has 0 saturated carbocycles. The fourth-order valence-corrected chi connectivity index (χ4v) is 3.18. The molecule has 2 fully saturated rings. The molecule has 6 heteroatoms. The predicted molar refractivity (Wildman–Crippen MR) is 81.2 cm³/mol. The quantitative estimate of drug-likeness (QED) is 0.787. The lowest BCUT2D eigenvalue weighted by Gasteiger charge is -2.21. The van der Waals surface area contributed by atoms with E-state index in [0.29, 0.717) is 12.0 Å². The Kier molecular flexibility index (Phi) is 4.71. The zero-order chi connectivity index (χ0) is 15.5. The van der Waals surface area contributed by atoms with Crippen LogP contribution in [-0.4, -0.2) is 73.3 Å². The van der Waals surface area contributed by atoms with Crippen molar-refractivity contribution in [3.63, 3.8) is 0 Å². The molecule has 0 unspecified atom stereocenters. The summed E-state index contributed by atoms with van der Waals surface area (Å²) in [5.74, 6) is 0.361. The summed E-state index contributed by atoms with van der Waals surface area (Å²) in [5, 5.41) is 0. The Hall–Kier alpha value is -1.50. The zero-order valence-electron chi connectivity index (χ0n) is 13.1. The number of pyridine rings is 1. The average molecular weight is 305 g/mol. The Labute approximate surface area is 131 Å². The molecular formula is C16H23N3O3. The Morgan fingerprint density at radius 3 is 2.91 bits per heavy atom. The van der Waals surface area contributed by atoms with Crippen molar-refractivity contribution < 1.29 is 14.3 Å². The van der Waals surface area contributed by atoms with Gasteiger partial charge in [-0.1, -0.05) is 0 Å². The highest BCUT2D eigenvalue weighted by Gasteiger charge is 2.45. The Bertz CT molecular complexity index is 509. The molecule has 3 heterocycles. The van der Waals surface area contributed by atoms with E-state index in [4.69, 9.17) is 9.47 Å². The van der Waals surface area contributed by atoms with Gasteiger partial charge in [0.2, 0.25) is 5.91 Å². The molecule has 0 radical (unpaired) electrons. The number of fused-ring (bicyclic) bond motifs is 1. The van der Waals surface area contributed by atoms with Crippen LogP contribution in [0.4, 0.5) is 0 Å². The van der Waals surface area contributed by atoms with Crippen molar-refractivity contribution in [1.29, 1.82) is 0 Å². The molecule has 22 heavy (non-hydrogen) atoms. The lowest BCUT2D eigenvalue weighted by atomic mass is 10.0. The van der Waals surface area contributed by atoms with Crippen molar-refractivity contribution >= 4 is 5.91 Å². The van der Waals surface area contributed by atoms with Gasteiger partial charge in [0.25, 0.3) is 0 Å². The zero-order valence-corrected chi connectivity index (χ0v) is 13.1. The maximum Gasteiger partial charge on any atom is 0.248 e. The van der Waals surface area contributed by atoms with Crippen molar-refractivity contribution in [2.24, 2.45) is 5.92 Å². The van der Waals surface area contributed by atoms with Crippen molar-refractivity contribution in [3.8, 4) is 0 Å². The number of likely N-dealkylation sites (tertiary alicyclic amines) is 1. The van der Waals surface area contributed by atoms with Crippen molar-refractivity contribution in [2.75, 3.05) is 40.5 Å². The summed E-state index contributed by atoms with van der Waals surface area (Å²) < 4.78 is 11.5. The summed E-state index contributed by atoms with van der Waals surface area (Å²) in [4.78, 5) is 19.7. The van der Waals surface area contributed by atoms with Crippen LogP contribution in [0.25, 0.3) is 0 Å². The van der Waals surface area contributed by atoms with Gasteiger partial charge in [0.05, 0.1) is 19.3 Å². The van der Waals surface area contributed by atoms with Crippen molar-refractivity contribution in [2.45, 2.75) is 18.7 Å². The molecule has 120 valence electrons. The van der Waals surface area contributed by atoms with Crippen LogP contribution in [0.15, 0.2) is 24.5 Å². The van der Waals surface area contributed by atoms with E-state index in [2.05, 4.69) is 9.88 Å². The predicted octanol–water partition coefficient (Wildman–Crippen LogP) is 0.386. The number of nitrogens with zero attached hydrogens (tertiary/aromatic N) is 3. The van der Waals surface area contributed by atoms with Crippen molar-refractivity contribution in [1.82, 2.24) is 14.8 Å². The molecular weight excluding hydrogens is 282 g/mol. The fraction of sp³-hybridized carbons (Fsp3) is 0.625. The van der Waals surface area contributed by atoms with Gasteiger partial charge in [0.1, 0.15) is 6.61 Å². The van der Waals surface area contributed by atoms with Crippen LogP contribution in [0.3, 0.4) is 0 Å². The minimum absolute atomic E-state index is 0.00282. The molecule has 1 aromatic heterocycles. The Morgan fingerprint density at radius 2 is 2.18 bits per heavy atom. The van der Waals surface area contributed by atoms with Gasteiger partial charge in [-0.25, -0.2) is 0 Å². The van der Waals surface area contributed by atoms with Crippen LogP contribution in [0.5, 0.6) is 0 Å². The molecule has 1 aromatic rings. The van der Waals surface area contributed by atoms with Gasteiger partial charge in [-0.15, -0.1) is 0 Å². The van der Waals surface area contributed by atoms with Crippen LogP contribution < -0.4 is 0 Å². The molecule has 6 nitrogen and oxygen atoms in total. The summed E-state index contributed by atoms with van der Waals surface area (Å²) in [6, 6.07) is 4.45. The molecule has 1 amide bonds. The standard InChI is InChI=1S/C16H23N3O3/c1-18(2)16(20)11-22-15-8-19(14-10-21-9-13(14)15)7-12-3-5-17-6-4-12/h3-6,13-15H,7-11H2,1-2H3/t13-,14+,15-/m0/s1. The number of carbonyl (C=O) groups is 1. The minimum Gasteiger partial charge on any atom is -0.379 e. The largest absolute Gasteiger partial charge is 0.379 e. The molecule has 2 aliphatic heterocycles. The van der Waals surface area contributed by atoms with Crippen LogP contribution in [0.1, 0.15) is 5.56 Å². The molecule has 0 aliphatic carbocycles. The third-order valence-corrected chi connectivity index (χ3v) is 4.51. The van der Waals surface area contributed by atoms with Gasteiger partial charge in [-0.3, -0.25) is 14.7 Å². The van der Waals surface area contributed by atoms with Gasteiger partial charge in [-0.2, -0.15) is 0 Å². The van der Waals surface area contributed by atoms with E-state index in [-0.39, 0.29) is 18.6 Å². The van der Waals surface area contributed by atoms with Gasteiger partial charge >= 0.3 is 0 Å². The smallest absolute Gasteiger partial charge is 0.248 e. The lowest BCUT2D eigenvalue weighted by molar-refractivity contribution is -0.136. The van der Waals surface area contributed by atoms with Gasteiger partial charge in [0, 0.05) is 51.5 Å². The maximum atomic E-state index is 11.7. The first-order valence-corrected chi connectivity index (χ1v) is 7.67. The van der Waals surface area contributed by atoms with Gasteiger partial charge < -0.3 is 14.4 Å². The van der Waals surface area contributed by atoms with E-state index in [1.54, 1.807) is 19.0 Å². The SMILES string of the molecule is CN(C)C(=O)CO[C@H]1CN(Cc2ccncc2)[C@@H]2COC[C@H]12. The van der Waals surface area contributed by atoms with Crippen LogP contribution in [-0.2, 0) is 20.8 Å². The van der Waals surface area contributed by atoms with Crippen molar-refractivity contribution in [3.05, 3.63) is 30.1 Å². The summed E-state index contributed by atoms with van der Waals surface area (Å²) >= 11 is 0. The fourth-order valence-electron chi connectivity index (χ4n) is 3.18. The molecule has 0 N–H and O–H groups in total. The van der Waals surface area contributed by atoms with Gasteiger partial charge in [0.15, 0.2) is 0 Å². The Balaban J connectivity index is 1.61. The summed E-state index contributed by atoms with van der Waals surface area (Å²) in [6.07, 6.45) is 3.70.